The van der Waals surface area contributed by atoms with Gasteiger partial charge >= 0.3 is 0 Å². The van der Waals surface area contributed by atoms with Crippen LogP contribution in [-0.2, 0) is 4.79 Å². The second-order valence-electron chi connectivity index (χ2n) is 3.99. The highest BCUT2D eigenvalue weighted by Crippen LogP contribution is 2.31. The molecule has 0 fully saturated rings. The average Bonchev–Trinajstić information content (AvgIpc) is 2.79. The van der Waals surface area contributed by atoms with Crippen LogP contribution in [0.15, 0.2) is 30.5 Å². The molecule has 96 valence electrons. The summed E-state index contributed by atoms with van der Waals surface area (Å²) in [6, 6.07) is 6.80. The van der Waals surface area contributed by atoms with E-state index in [1.54, 1.807) is 6.20 Å². The molecule has 2 rings (SSSR count). The fraction of sp³-hybridized carbons (Fsp3) is 0.250. The number of carboxylic acid groups (broad SMARTS) is 1. The molecule has 0 radical (unpaired) electrons. The first-order valence-corrected chi connectivity index (χ1v) is 6.54. The van der Waals surface area contributed by atoms with Gasteiger partial charge in [0.25, 0.3) is 0 Å². The molecule has 0 amide bonds. The van der Waals surface area contributed by atoms with Gasteiger partial charge in [-0.05, 0) is 6.07 Å². The number of carbonyl (C=O) groups excluding carboxylic acids is 1. The fourth-order valence-corrected chi connectivity index (χ4v) is 2.59. The molecule has 5 N–H and O–H groups in total. The van der Waals surface area contributed by atoms with Crippen LogP contribution in [0.1, 0.15) is 11.0 Å². The number of H-pyrrole nitrogens is 1. The predicted octanol–water partition coefficient (Wildman–Crippen LogP) is -0.748. The first-order valence-electron chi connectivity index (χ1n) is 5.49. The van der Waals surface area contributed by atoms with Gasteiger partial charge in [0, 0.05) is 22.7 Å². The molecule has 1 heterocycles. The van der Waals surface area contributed by atoms with Gasteiger partial charge in [0.1, 0.15) is 11.5 Å². The molecule has 18 heavy (non-hydrogen) atoms. The number of rotatable bonds is 5. The molecule has 2 atom stereocenters. The van der Waals surface area contributed by atoms with Crippen LogP contribution in [0.25, 0.3) is 10.9 Å². The Labute approximate surface area is 108 Å². The van der Waals surface area contributed by atoms with E-state index in [1.165, 1.54) is 0 Å². The number of aromatic amines is 1. The van der Waals surface area contributed by atoms with Crippen LogP contribution in [0.2, 0.25) is 0 Å². The molecule has 6 heteroatoms. The van der Waals surface area contributed by atoms with E-state index in [9.17, 15) is 15.0 Å². The molecule has 1 aromatic heterocycles. The van der Waals surface area contributed by atoms with E-state index < -0.39 is 17.4 Å². The number of benzene rings is 1. The van der Waals surface area contributed by atoms with E-state index in [0.717, 1.165) is 28.2 Å². The lowest BCUT2D eigenvalue weighted by Gasteiger charge is -2.12. The lowest BCUT2D eigenvalue weighted by atomic mass is 10.2. The highest BCUT2D eigenvalue weighted by atomic mass is 32.2. The monoisotopic (exact) mass is 266 g/mol. The maximum atomic E-state index is 10.5. The third-order valence-corrected chi connectivity index (χ3v) is 3.84. The number of aliphatic carboxylic acids is 1. The Morgan fingerprint density at radius 1 is 1.50 bits per heavy atom. The van der Waals surface area contributed by atoms with Gasteiger partial charge in [-0.2, -0.15) is 0 Å². The zero-order valence-electron chi connectivity index (χ0n) is 9.63. The Hall–Kier alpha value is -1.50. The van der Waals surface area contributed by atoms with Gasteiger partial charge in [0.05, 0.1) is 11.7 Å². The highest BCUT2D eigenvalue weighted by molar-refractivity contribution is 7.99. The Morgan fingerprint density at radius 2 is 2.22 bits per heavy atom. The Bertz CT molecular complexity index is 555. The normalized spacial score (nSPS) is 14.6. The number of quaternary nitrogens is 1. The third kappa shape index (κ3) is 2.66. The van der Waals surface area contributed by atoms with Gasteiger partial charge in [-0.1, -0.05) is 18.2 Å². The van der Waals surface area contributed by atoms with Crippen molar-refractivity contribution in [1.82, 2.24) is 4.98 Å². The number of thioether (sulfide) groups is 1. The van der Waals surface area contributed by atoms with Crippen molar-refractivity contribution in [3.05, 3.63) is 36.0 Å². The van der Waals surface area contributed by atoms with E-state index in [0.29, 0.717) is 0 Å². The maximum absolute atomic E-state index is 10.5. The smallest absolute Gasteiger partial charge is 0.134 e. The number of hydrogen-bond acceptors (Lipinski definition) is 4. The summed E-state index contributed by atoms with van der Waals surface area (Å²) < 4.78 is 0. The summed E-state index contributed by atoms with van der Waals surface area (Å²) in [5.74, 6) is -0.989. The number of para-hydroxylation sites is 1. The van der Waals surface area contributed by atoms with Crippen molar-refractivity contribution in [3.8, 4) is 0 Å². The van der Waals surface area contributed by atoms with Crippen LogP contribution in [-0.4, -0.2) is 27.9 Å². The second-order valence-corrected chi connectivity index (χ2v) is 5.10. The van der Waals surface area contributed by atoms with Crippen LogP contribution in [0.4, 0.5) is 0 Å². The van der Waals surface area contributed by atoms with Crippen molar-refractivity contribution in [2.75, 3.05) is 5.75 Å². The molecule has 0 aliphatic carbocycles. The van der Waals surface area contributed by atoms with Crippen LogP contribution in [0.3, 0.4) is 0 Å². The number of aliphatic hydroxyl groups excluding tert-OH is 1. The van der Waals surface area contributed by atoms with Crippen LogP contribution >= 0.6 is 11.8 Å². The Morgan fingerprint density at radius 3 is 2.94 bits per heavy atom. The molecule has 0 saturated carbocycles. The van der Waals surface area contributed by atoms with Gasteiger partial charge < -0.3 is 25.7 Å². The molecule has 1 aromatic carbocycles. The molecule has 0 aliphatic rings. The van der Waals surface area contributed by atoms with E-state index in [2.05, 4.69) is 10.7 Å². The van der Waals surface area contributed by atoms with E-state index in [1.807, 2.05) is 24.3 Å². The van der Waals surface area contributed by atoms with Crippen LogP contribution in [0, 0.1) is 0 Å². The summed E-state index contributed by atoms with van der Waals surface area (Å²) in [7, 11) is 0. The van der Waals surface area contributed by atoms with E-state index in [-0.39, 0.29) is 5.75 Å². The quantitative estimate of drug-likeness (QED) is 0.619. The minimum atomic E-state index is -1.20. The molecule has 0 bridgehead atoms. The minimum absolute atomic E-state index is 0.211. The Balaban J connectivity index is 2.09. The SMILES string of the molecule is [NH3+][C@@H](CSC(O)c1c[nH]c2ccccc12)C(=O)[O-]. The zero-order chi connectivity index (χ0) is 13.1. The van der Waals surface area contributed by atoms with E-state index in [4.69, 9.17) is 0 Å². The average molecular weight is 266 g/mol. The molecule has 2 aromatic rings. The zero-order valence-corrected chi connectivity index (χ0v) is 10.4. The third-order valence-electron chi connectivity index (χ3n) is 2.68. The summed E-state index contributed by atoms with van der Waals surface area (Å²) in [5.41, 5.74) is 4.37. The maximum Gasteiger partial charge on any atom is 0.134 e. The van der Waals surface area contributed by atoms with Gasteiger partial charge in [0.15, 0.2) is 0 Å². The number of fused-ring (bicyclic) bond motifs is 1. The number of nitrogens with one attached hydrogen (secondary N) is 1. The minimum Gasteiger partial charge on any atom is -0.544 e. The summed E-state index contributed by atoms with van der Waals surface area (Å²) in [6.45, 7) is 0. The molecular formula is C12H14N2O3S. The number of hydrogen-bond donors (Lipinski definition) is 3. The first kappa shape index (κ1) is 12.9. The summed E-state index contributed by atoms with van der Waals surface area (Å²) in [5, 5.41) is 21.5. The van der Waals surface area contributed by atoms with Gasteiger partial charge in [0.2, 0.25) is 0 Å². The van der Waals surface area contributed by atoms with Crippen molar-refractivity contribution in [2.24, 2.45) is 0 Å². The summed E-state index contributed by atoms with van der Waals surface area (Å²) >= 11 is 1.14. The second kappa shape index (κ2) is 5.43. The van der Waals surface area contributed by atoms with Crippen molar-refractivity contribution in [2.45, 2.75) is 11.5 Å². The van der Waals surface area contributed by atoms with Crippen molar-refractivity contribution in [1.29, 1.82) is 0 Å². The van der Waals surface area contributed by atoms with Gasteiger partial charge in [-0.15, -0.1) is 11.8 Å². The first-order chi connectivity index (χ1) is 8.59. The van der Waals surface area contributed by atoms with Crippen LogP contribution in [0.5, 0.6) is 0 Å². The number of aromatic nitrogens is 1. The number of carboxylic acids is 1. The van der Waals surface area contributed by atoms with Crippen molar-refractivity contribution >= 4 is 28.6 Å². The van der Waals surface area contributed by atoms with Crippen LogP contribution < -0.4 is 10.8 Å². The number of aliphatic hydroxyl groups is 1. The van der Waals surface area contributed by atoms with Gasteiger partial charge in [-0.25, -0.2) is 0 Å². The molecule has 0 saturated heterocycles. The van der Waals surface area contributed by atoms with Crippen molar-refractivity contribution in [3.63, 3.8) is 0 Å². The van der Waals surface area contributed by atoms with Gasteiger partial charge in [-0.3, -0.25) is 0 Å². The lowest BCUT2D eigenvalue weighted by Crippen LogP contribution is -2.69. The topological polar surface area (TPSA) is 104 Å². The molecule has 1 unspecified atom stereocenters. The summed E-state index contributed by atoms with van der Waals surface area (Å²) in [4.78, 5) is 13.6. The highest BCUT2D eigenvalue weighted by Gasteiger charge is 2.16. The molecule has 0 spiro atoms. The standard InChI is InChI=1S/C12H14N2O3S/c13-9(11(15)16)6-18-12(17)8-5-14-10-4-2-1-3-7(8)10/h1-5,9,12,14,17H,6,13H2,(H,15,16)/t9-,12?/m0/s1. The fourth-order valence-electron chi connectivity index (χ4n) is 1.66. The van der Waals surface area contributed by atoms with E-state index >= 15 is 0 Å². The molecule has 5 nitrogen and oxygen atoms in total. The predicted molar refractivity (Wildman–Crippen MR) is 67.4 cm³/mol. The largest absolute Gasteiger partial charge is 0.544 e. The number of carbonyl (C=O) groups is 1. The Kier molecular flexibility index (Phi) is 3.90. The summed E-state index contributed by atoms with van der Waals surface area (Å²) in [6.07, 6.45) is 1.74. The molecule has 0 aliphatic heterocycles. The molecular weight excluding hydrogens is 252 g/mol. The van der Waals surface area contributed by atoms with Crippen molar-refractivity contribution < 1.29 is 20.7 Å². The lowest BCUT2D eigenvalue weighted by molar-refractivity contribution is -0.431.